The lowest BCUT2D eigenvalue weighted by atomic mass is 10.0. The van der Waals surface area contributed by atoms with Crippen LogP contribution in [0.3, 0.4) is 0 Å². The van der Waals surface area contributed by atoms with Gasteiger partial charge in [-0.2, -0.15) is 0 Å². The minimum Gasteiger partial charge on any atom is -0.349 e. The van der Waals surface area contributed by atoms with E-state index in [0.29, 0.717) is 38.0 Å². The van der Waals surface area contributed by atoms with Crippen LogP contribution in [0.25, 0.3) is 6.08 Å². The van der Waals surface area contributed by atoms with Crippen molar-refractivity contribution in [3.05, 3.63) is 71.3 Å². The van der Waals surface area contributed by atoms with Gasteiger partial charge in [-0.25, -0.2) is 13.1 Å². The minimum absolute atomic E-state index is 0.0429. The Morgan fingerprint density at radius 3 is 2.34 bits per heavy atom. The number of carbonyl (C=O) groups excluding carboxylic acids is 2. The first-order valence-corrected chi connectivity index (χ1v) is 12.2. The molecule has 2 N–H and O–H groups in total. The molecule has 0 atom stereocenters. The van der Waals surface area contributed by atoms with Crippen LogP contribution in [0.4, 0.5) is 0 Å². The van der Waals surface area contributed by atoms with Gasteiger partial charge >= 0.3 is 0 Å². The summed E-state index contributed by atoms with van der Waals surface area (Å²) in [7, 11) is -3.49. The molecule has 0 saturated carbocycles. The van der Waals surface area contributed by atoms with Crippen LogP contribution in [0, 0.1) is 6.92 Å². The van der Waals surface area contributed by atoms with Gasteiger partial charge in [-0.1, -0.05) is 37.3 Å². The molecule has 1 saturated heterocycles. The van der Waals surface area contributed by atoms with Gasteiger partial charge in [0.15, 0.2) is 0 Å². The summed E-state index contributed by atoms with van der Waals surface area (Å²) in [4.78, 5) is 27.0. The van der Waals surface area contributed by atoms with Crippen molar-refractivity contribution in [1.82, 2.24) is 14.9 Å². The predicted molar refractivity (Wildman–Crippen MR) is 125 cm³/mol. The van der Waals surface area contributed by atoms with Crippen LogP contribution in [0.2, 0.25) is 0 Å². The molecule has 1 aliphatic rings. The maximum absolute atomic E-state index is 12.5. The molecule has 170 valence electrons. The van der Waals surface area contributed by atoms with Crippen LogP contribution in [0.1, 0.15) is 41.3 Å². The number of amides is 2. The van der Waals surface area contributed by atoms with Gasteiger partial charge in [-0.3, -0.25) is 9.59 Å². The highest BCUT2D eigenvalue weighted by molar-refractivity contribution is 7.89. The van der Waals surface area contributed by atoms with Gasteiger partial charge in [0.1, 0.15) is 0 Å². The summed E-state index contributed by atoms with van der Waals surface area (Å²) in [6.07, 6.45) is 4.58. The van der Waals surface area contributed by atoms with Gasteiger partial charge in [0.25, 0.3) is 5.91 Å². The monoisotopic (exact) mass is 455 g/mol. The number of hydrogen-bond acceptors (Lipinski definition) is 4. The highest BCUT2D eigenvalue weighted by Crippen LogP contribution is 2.15. The van der Waals surface area contributed by atoms with E-state index in [1.165, 1.54) is 18.2 Å². The Hall–Kier alpha value is -2.97. The molecule has 7 nitrogen and oxygen atoms in total. The first-order chi connectivity index (χ1) is 15.3. The zero-order valence-electron chi connectivity index (χ0n) is 18.4. The van der Waals surface area contributed by atoms with Crippen LogP contribution in [0.5, 0.6) is 0 Å². The summed E-state index contributed by atoms with van der Waals surface area (Å²) < 4.78 is 26.4. The van der Waals surface area contributed by atoms with Crippen LogP contribution < -0.4 is 10.0 Å². The van der Waals surface area contributed by atoms with Crippen LogP contribution >= 0.6 is 0 Å². The predicted octanol–water partition coefficient (Wildman–Crippen LogP) is 2.73. The van der Waals surface area contributed by atoms with E-state index in [1.807, 2.05) is 31.2 Å². The van der Waals surface area contributed by atoms with Gasteiger partial charge < -0.3 is 10.2 Å². The Morgan fingerprint density at radius 2 is 1.72 bits per heavy atom. The third-order valence-corrected chi connectivity index (χ3v) is 7.04. The minimum atomic E-state index is -3.49. The molecule has 3 rings (SSSR count). The molecule has 8 heteroatoms. The Balaban J connectivity index is 1.50. The van der Waals surface area contributed by atoms with Crippen LogP contribution in [-0.2, 0) is 14.8 Å². The summed E-state index contributed by atoms with van der Waals surface area (Å²) >= 11 is 0. The fraction of sp³-hybridized carbons (Fsp3) is 0.333. The normalized spacial score (nSPS) is 15.1. The maximum atomic E-state index is 12.5. The number of nitrogens with zero attached hydrogens (tertiary/aromatic N) is 1. The van der Waals surface area contributed by atoms with Gasteiger partial charge in [-0.15, -0.1) is 0 Å². The molecular formula is C24H29N3O4S. The van der Waals surface area contributed by atoms with Crippen molar-refractivity contribution in [2.45, 2.75) is 37.6 Å². The lowest BCUT2D eigenvalue weighted by Crippen LogP contribution is -2.46. The fourth-order valence-electron chi connectivity index (χ4n) is 3.64. The van der Waals surface area contributed by atoms with E-state index in [-0.39, 0.29) is 22.8 Å². The molecule has 0 aliphatic carbocycles. The zero-order chi connectivity index (χ0) is 23.1. The standard InChI is InChI=1S/C24H29N3O4S/c1-3-25-32(30,31)21-11-8-19(9-12-21)10-13-23(28)27-16-14-20(15-17-27)26-24(29)22-7-5-4-6-18(22)2/h4-13,20,25H,3,14-17H2,1-2H3,(H,26,29)/b13-10+. The molecule has 1 aliphatic heterocycles. The molecule has 0 spiro atoms. The highest BCUT2D eigenvalue weighted by Gasteiger charge is 2.23. The maximum Gasteiger partial charge on any atom is 0.251 e. The number of carbonyl (C=O) groups is 2. The van der Waals surface area contributed by atoms with E-state index in [2.05, 4.69) is 10.0 Å². The Bertz CT molecular complexity index is 1090. The Kier molecular flexibility index (Phi) is 7.82. The molecule has 0 bridgehead atoms. The van der Waals surface area contributed by atoms with E-state index < -0.39 is 10.0 Å². The van der Waals surface area contributed by atoms with Crippen LogP contribution in [-0.4, -0.2) is 50.8 Å². The molecule has 0 radical (unpaired) electrons. The molecule has 1 fully saturated rings. The quantitative estimate of drug-likeness (QED) is 0.628. The SMILES string of the molecule is CCNS(=O)(=O)c1ccc(/C=C/C(=O)N2CCC(NC(=O)c3ccccc3C)CC2)cc1. The molecular weight excluding hydrogens is 426 g/mol. The van der Waals surface area contributed by atoms with E-state index in [1.54, 1.807) is 30.0 Å². The summed E-state index contributed by atoms with van der Waals surface area (Å²) in [6.45, 7) is 5.10. The molecule has 1 heterocycles. The van der Waals surface area contributed by atoms with Crippen molar-refractivity contribution in [3.8, 4) is 0 Å². The van der Waals surface area contributed by atoms with Crippen molar-refractivity contribution in [3.63, 3.8) is 0 Å². The second-order valence-electron chi connectivity index (χ2n) is 7.79. The zero-order valence-corrected chi connectivity index (χ0v) is 19.2. The number of piperidine rings is 1. The highest BCUT2D eigenvalue weighted by atomic mass is 32.2. The lowest BCUT2D eigenvalue weighted by Gasteiger charge is -2.31. The van der Waals surface area contributed by atoms with Crippen molar-refractivity contribution >= 4 is 27.9 Å². The fourth-order valence-corrected chi connectivity index (χ4v) is 4.68. The molecule has 2 amide bonds. The average molecular weight is 456 g/mol. The number of nitrogens with one attached hydrogen (secondary N) is 2. The number of likely N-dealkylation sites (tertiary alicyclic amines) is 1. The van der Waals surface area contributed by atoms with E-state index >= 15 is 0 Å². The second kappa shape index (κ2) is 10.6. The van der Waals surface area contributed by atoms with Crippen molar-refractivity contribution in [1.29, 1.82) is 0 Å². The van der Waals surface area contributed by atoms with Gasteiger partial charge in [0, 0.05) is 37.3 Å². The number of rotatable bonds is 7. The van der Waals surface area contributed by atoms with Gasteiger partial charge in [0.05, 0.1) is 4.90 Å². The largest absolute Gasteiger partial charge is 0.349 e. The average Bonchev–Trinajstić information content (AvgIpc) is 2.78. The molecule has 0 unspecified atom stereocenters. The first-order valence-electron chi connectivity index (χ1n) is 10.7. The molecule has 32 heavy (non-hydrogen) atoms. The topological polar surface area (TPSA) is 95.6 Å². The third kappa shape index (κ3) is 6.05. The van der Waals surface area contributed by atoms with E-state index in [4.69, 9.17) is 0 Å². The number of aryl methyl sites for hydroxylation is 1. The third-order valence-electron chi connectivity index (χ3n) is 5.47. The first kappa shape index (κ1) is 23.7. The smallest absolute Gasteiger partial charge is 0.251 e. The van der Waals surface area contributed by atoms with E-state index in [0.717, 1.165) is 11.1 Å². The van der Waals surface area contributed by atoms with Crippen molar-refractivity contribution in [2.24, 2.45) is 0 Å². The Labute approximate surface area is 189 Å². The van der Waals surface area contributed by atoms with Crippen LogP contribution in [0.15, 0.2) is 59.5 Å². The summed E-state index contributed by atoms with van der Waals surface area (Å²) in [5.41, 5.74) is 2.36. The number of hydrogen-bond donors (Lipinski definition) is 2. The number of benzene rings is 2. The number of sulfonamides is 1. The molecule has 0 aromatic heterocycles. The van der Waals surface area contributed by atoms with Crippen molar-refractivity contribution < 1.29 is 18.0 Å². The second-order valence-corrected chi connectivity index (χ2v) is 9.56. The van der Waals surface area contributed by atoms with Crippen molar-refractivity contribution in [2.75, 3.05) is 19.6 Å². The van der Waals surface area contributed by atoms with Gasteiger partial charge in [-0.05, 0) is 55.2 Å². The summed E-state index contributed by atoms with van der Waals surface area (Å²) in [5.74, 6) is -0.176. The summed E-state index contributed by atoms with van der Waals surface area (Å²) in [5, 5.41) is 3.07. The lowest BCUT2D eigenvalue weighted by molar-refractivity contribution is -0.127. The molecule has 2 aromatic carbocycles. The van der Waals surface area contributed by atoms with Gasteiger partial charge in [0.2, 0.25) is 15.9 Å². The molecule has 2 aromatic rings. The summed E-state index contributed by atoms with van der Waals surface area (Å²) in [6, 6.07) is 13.9. The van der Waals surface area contributed by atoms with E-state index in [9.17, 15) is 18.0 Å². The Morgan fingerprint density at radius 1 is 1.06 bits per heavy atom.